The van der Waals surface area contributed by atoms with Gasteiger partial charge >= 0.3 is 0 Å². The molecule has 0 bridgehead atoms. The van der Waals surface area contributed by atoms with Gasteiger partial charge in [0.2, 0.25) is 5.96 Å². The predicted octanol–water partition coefficient (Wildman–Crippen LogP) is 2.16. The molecule has 0 radical (unpaired) electrons. The second-order valence-corrected chi connectivity index (χ2v) is 5.03. The van der Waals surface area contributed by atoms with E-state index < -0.39 is 0 Å². The Kier molecular flexibility index (Phi) is 7.01. The molecule has 0 unspecified atom stereocenters. The van der Waals surface area contributed by atoms with Crippen molar-refractivity contribution in [3.63, 3.8) is 0 Å². The third-order valence-corrected chi connectivity index (χ3v) is 3.51. The molecule has 1 aliphatic carbocycles. The van der Waals surface area contributed by atoms with Gasteiger partial charge in [-0.15, -0.1) is 0 Å². The first-order valence-corrected chi connectivity index (χ1v) is 7.07. The Balaban J connectivity index is 2.28. The topological polar surface area (TPSA) is 62.4 Å². The second-order valence-electron chi connectivity index (χ2n) is 5.03. The van der Waals surface area contributed by atoms with E-state index in [0.717, 1.165) is 24.8 Å². The lowest BCUT2D eigenvalue weighted by molar-refractivity contribution is 0.295. The summed E-state index contributed by atoms with van der Waals surface area (Å²) in [6, 6.07) is 0.551. The quantitative estimate of drug-likeness (QED) is 0.299. The number of rotatable bonds is 5. The van der Waals surface area contributed by atoms with Crippen LogP contribution in [0.5, 0.6) is 0 Å². The molecule has 0 amide bonds. The molecule has 1 rings (SSSR count). The van der Waals surface area contributed by atoms with E-state index in [2.05, 4.69) is 29.6 Å². The monoisotopic (exact) mass is 240 g/mol. The van der Waals surface area contributed by atoms with Crippen LogP contribution in [0.4, 0.5) is 0 Å². The van der Waals surface area contributed by atoms with Gasteiger partial charge in [-0.25, -0.2) is 5.84 Å². The molecule has 1 aliphatic rings. The molecule has 0 aromatic heterocycles. The molecule has 0 aliphatic heterocycles. The molecule has 0 aromatic rings. The Morgan fingerprint density at radius 3 is 2.41 bits per heavy atom. The lowest BCUT2D eigenvalue weighted by Gasteiger charge is -2.29. The van der Waals surface area contributed by atoms with Crippen molar-refractivity contribution < 1.29 is 0 Å². The van der Waals surface area contributed by atoms with Gasteiger partial charge in [-0.1, -0.05) is 26.7 Å². The zero-order valence-electron chi connectivity index (χ0n) is 11.3. The number of hydrogen-bond acceptors (Lipinski definition) is 2. The van der Waals surface area contributed by atoms with Crippen LogP contribution in [0.1, 0.15) is 58.8 Å². The molecule has 1 fully saturated rings. The maximum absolute atomic E-state index is 5.46. The van der Waals surface area contributed by atoms with Crippen molar-refractivity contribution in [3.8, 4) is 0 Å². The molecule has 4 N–H and O–H groups in total. The van der Waals surface area contributed by atoms with Gasteiger partial charge in [0.25, 0.3) is 0 Å². The van der Waals surface area contributed by atoms with E-state index in [0.29, 0.717) is 6.04 Å². The lowest BCUT2D eigenvalue weighted by Crippen LogP contribution is -2.47. The van der Waals surface area contributed by atoms with E-state index in [1.54, 1.807) is 0 Å². The highest BCUT2D eigenvalue weighted by atomic mass is 15.3. The van der Waals surface area contributed by atoms with Crippen molar-refractivity contribution in [1.82, 2.24) is 10.7 Å². The number of guanidine groups is 1. The molecule has 0 aromatic carbocycles. The lowest BCUT2D eigenvalue weighted by atomic mass is 9.83. The van der Waals surface area contributed by atoms with Crippen molar-refractivity contribution in [3.05, 3.63) is 0 Å². The minimum atomic E-state index is 0.551. The van der Waals surface area contributed by atoms with Gasteiger partial charge in [0.1, 0.15) is 0 Å². The van der Waals surface area contributed by atoms with Gasteiger partial charge in [0.15, 0.2) is 0 Å². The Hall–Kier alpha value is -0.770. The van der Waals surface area contributed by atoms with Crippen molar-refractivity contribution in [2.24, 2.45) is 16.8 Å². The van der Waals surface area contributed by atoms with Crippen LogP contribution in [0.3, 0.4) is 0 Å². The Morgan fingerprint density at radius 2 is 1.88 bits per heavy atom. The van der Waals surface area contributed by atoms with E-state index in [-0.39, 0.29) is 0 Å². The van der Waals surface area contributed by atoms with Gasteiger partial charge in [-0.2, -0.15) is 0 Å². The van der Waals surface area contributed by atoms with Crippen molar-refractivity contribution in [1.29, 1.82) is 0 Å². The Morgan fingerprint density at radius 1 is 1.18 bits per heavy atom. The minimum absolute atomic E-state index is 0.551. The highest BCUT2D eigenvalue weighted by molar-refractivity contribution is 5.79. The summed E-state index contributed by atoms with van der Waals surface area (Å²) in [6.45, 7) is 5.23. The zero-order valence-corrected chi connectivity index (χ0v) is 11.3. The van der Waals surface area contributed by atoms with Crippen molar-refractivity contribution in [2.45, 2.75) is 64.8 Å². The van der Waals surface area contributed by atoms with Crippen LogP contribution in [-0.4, -0.2) is 18.5 Å². The highest BCUT2D eigenvalue weighted by Crippen LogP contribution is 2.27. The largest absolute Gasteiger partial charge is 0.353 e. The molecule has 1 saturated carbocycles. The van der Waals surface area contributed by atoms with Gasteiger partial charge in [-0.3, -0.25) is 10.4 Å². The Bertz CT molecular complexity index is 219. The third kappa shape index (κ3) is 5.39. The summed E-state index contributed by atoms with van der Waals surface area (Å²) in [5.41, 5.74) is 2.66. The Labute approximate surface area is 105 Å². The van der Waals surface area contributed by atoms with Crippen LogP contribution in [-0.2, 0) is 0 Å². The van der Waals surface area contributed by atoms with Crippen LogP contribution >= 0.6 is 0 Å². The molecular formula is C13H28N4. The standard InChI is InChI=1S/C13H28N4/c1-3-5-11-6-8-12(9-7-11)16-13(17-14)15-10-4-2/h11-12H,3-10,14H2,1-2H3,(H2,15,16,17). The fraction of sp³-hybridized carbons (Fsp3) is 0.923. The second kappa shape index (κ2) is 8.34. The molecule has 4 nitrogen and oxygen atoms in total. The van der Waals surface area contributed by atoms with Crippen LogP contribution in [0, 0.1) is 5.92 Å². The molecule has 0 saturated heterocycles. The zero-order chi connectivity index (χ0) is 12.5. The number of aliphatic imine (C=N–C) groups is 1. The molecule has 0 atom stereocenters. The molecule has 100 valence electrons. The summed E-state index contributed by atoms with van der Waals surface area (Å²) in [4.78, 5) is 4.38. The van der Waals surface area contributed by atoms with E-state index in [1.165, 1.54) is 38.5 Å². The van der Waals surface area contributed by atoms with Gasteiger partial charge < -0.3 is 5.32 Å². The summed E-state index contributed by atoms with van der Waals surface area (Å²) in [6.07, 6.45) is 8.94. The molecule has 17 heavy (non-hydrogen) atoms. The third-order valence-electron chi connectivity index (χ3n) is 3.51. The van der Waals surface area contributed by atoms with Crippen LogP contribution in [0.2, 0.25) is 0 Å². The molecular weight excluding hydrogens is 212 g/mol. The van der Waals surface area contributed by atoms with E-state index >= 15 is 0 Å². The smallest absolute Gasteiger partial charge is 0.205 e. The molecule has 4 heteroatoms. The van der Waals surface area contributed by atoms with Gasteiger partial charge in [0, 0.05) is 12.6 Å². The first-order chi connectivity index (χ1) is 8.30. The van der Waals surface area contributed by atoms with Crippen molar-refractivity contribution >= 4 is 5.96 Å². The number of hydrazine groups is 1. The maximum atomic E-state index is 5.46. The maximum Gasteiger partial charge on any atom is 0.205 e. The minimum Gasteiger partial charge on any atom is -0.353 e. The summed E-state index contributed by atoms with van der Waals surface area (Å²) in [7, 11) is 0. The number of nitrogens with one attached hydrogen (secondary N) is 2. The normalized spacial score (nSPS) is 25.7. The van der Waals surface area contributed by atoms with Crippen LogP contribution in [0.25, 0.3) is 0 Å². The van der Waals surface area contributed by atoms with Crippen LogP contribution in [0.15, 0.2) is 4.99 Å². The summed E-state index contributed by atoms with van der Waals surface area (Å²) >= 11 is 0. The van der Waals surface area contributed by atoms with E-state index in [9.17, 15) is 0 Å². The molecule has 0 heterocycles. The first kappa shape index (κ1) is 14.3. The van der Waals surface area contributed by atoms with Gasteiger partial charge in [0.05, 0.1) is 0 Å². The summed E-state index contributed by atoms with van der Waals surface area (Å²) in [5.74, 6) is 7.16. The number of nitrogens with zero attached hydrogens (tertiary/aromatic N) is 1. The first-order valence-electron chi connectivity index (χ1n) is 7.07. The summed E-state index contributed by atoms with van der Waals surface area (Å²) in [5, 5.41) is 3.42. The van der Waals surface area contributed by atoms with E-state index in [1.807, 2.05) is 0 Å². The molecule has 0 spiro atoms. The number of nitrogens with two attached hydrogens (primary N) is 1. The highest BCUT2D eigenvalue weighted by Gasteiger charge is 2.20. The average Bonchev–Trinajstić information content (AvgIpc) is 2.37. The van der Waals surface area contributed by atoms with Gasteiger partial charge in [-0.05, 0) is 38.0 Å². The summed E-state index contributed by atoms with van der Waals surface area (Å²) < 4.78 is 0. The predicted molar refractivity (Wildman–Crippen MR) is 73.7 cm³/mol. The fourth-order valence-corrected chi connectivity index (χ4v) is 2.55. The van der Waals surface area contributed by atoms with Crippen LogP contribution < -0.4 is 16.6 Å². The average molecular weight is 240 g/mol. The van der Waals surface area contributed by atoms with Crippen molar-refractivity contribution in [2.75, 3.05) is 6.54 Å². The fourth-order valence-electron chi connectivity index (χ4n) is 2.55. The number of hydrogen-bond donors (Lipinski definition) is 3. The van der Waals surface area contributed by atoms with E-state index in [4.69, 9.17) is 5.84 Å². The SMILES string of the molecule is CCCN=C(NN)NC1CCC(CCC)CC1.